The van der Waals surface area contributed by atoms with Crippen molar-refractivity contribution in [2.45, 2.75) is 203 Å². The molecule has 0 heterocycles. The highest BCUT2D eigenvalue weighted by Crippen LogP contribution is 2.33. The van der Waals surface area contributed by atoms with Crippen LogP contribution in [0.4, 0.5) is 0 Å². The summed E-state index contributed by atoms with van der Waals surface area (Å²) in [5, 5.41) is 2.45. The molecule has 1 saturated carbocycles. The summed E-state index contributed by atoms with van der Waals surface area (Å²) in [4.78, 5) is 0. The molecule has 0 aliphatic heterocycles. The van der Waals surface area contributed by atoms with Crippen molar-refractivity contribution in [3.8, 4) is 28.7 Å². The van der Waals surface area contributed by atoms with Gasteiger partial charge < -0.3 is 42.6 Å². The molecule has 1 aliphatic rings. The fraction of sp³-hybridized carbons (Fsp3) is 0.616. The largest absolute Gasteiger partial charge is 0.497 e. The number of benzene rings is 5. The Labute approximate surface area is 499 Å². The lowest BCUT2D eigenvalue weighted by Crippen LogP contribution is -2.32. The maximum atomic E-state index is 6.58. The topological polar surface area (TPSA) is 83.1 Å². The van der Waals surface area contributed by atoms with Gasteiger partial charge in [-0.3, -0.25) is 0 Å². The Bertz CT molecular complexity index is 2370. The van der Waals surface area contributed by atoms with Gasteiger partial charge in [0.2, 0.25) is 0 Å². The number of ether oxygens (including phenoxy) is 9. The van der Waals surface area contributed by atoms with Gasteiger partial charge in [-0.1, -0.05) is 171 Å². The van der Waals surface area contributed by atoms with Crippen molar-refractivity contribution in [2.24, 2.45) is 35.5 Å². The van der Waals surface area contributed by atoms with Crippen molar-refractivity contribution in [1.29, 1.82) is 0 Å². The summed E-state index contributed by atoms with van der Waals surface area (Å²) in [5.41, 5.74) is 2.70. The minimum atomic E-state index is 0.190. The van der Waals surface area contributed by atoms with E-state index < -0.39 is 0 Å². The van der Waals surface area contributed by atoms with Crippen LogP contribution < -0.4 is 23.7 Å². The van der Waals surface area contributed by atoms with E-state index in [1.807, 2.05) is 36.4 Å². The molecule has 5 aromatic rings. The molecule has 0 bridgehead atoms. The van der Waals surface area contributed by atoms with Crippen LogP contribution in [0.25, 0.3) is 10.8 Å². The maximum Gasteiger partial charge on any atom is 0.120 e. The summed E-state index contributed by atoms with van der Waals surface area (Å²) in [7, 11) is 3.37. The highest BCUT2D eigenvalue weighted by atomic mass is 16.5. The SMILES string of the molecule is CC(C)CC(CC(OCCOc1ccc(C(C)C)cc1)C(C)C)OC1CCCCC1.CC(C)CC(OCCOc1ccc2ccccc2c1)C(C)C.COc1ccc(OCCOC(CC(CC(C)C)c2ccc(OC)cc2)C(C)C)cc1. The van der Waals surface area contributed by atoms with Crippen molar-refractivity contribution >= 4 is 10.8 Å². The van der Waals surface area contributed by atoms with Crippen LogP contribution in [0.3, 0.4) is 0 Å². The van der Waals surface area contributed by atoms with Crippen molar-refractivity contribution in [3.05, 3.63) is 126 Å². The molecule has 6 rings (SSSR count). The number of methoxy groups -OCH3 is 2. The Hall–Kier alpha value is -4.80. The van der Waals surface area contributed by atoms with Crippen molar-refractivity contribution in [1.82, 2.24) is 0 Å². The van der Waals surface area contributed by atoms with E-state index in [0.29, 0.717) is 105 Å². The molecular formula is C73H112O9. The summed E-state index contributed by atoms with van der Waals surface area (Å²) in [6.07, 6.45) is 13.3. The standard InChI is InChI=1S/C27H46O3.C26H38O4.C20H28O2/c1-20(2)18-26(30-25-10-8-7-9-11-25)19-27(22(5)6)29-17-16-28-24-14-12-23(13-15-24)21(3)4;1-19(2)17-22(21-7-9-23(27-5)10-8-21)18-26(20(3)4)30-16-15-29-25-13-11-24(28-6)12-14-25;1-15(2)13-20(16(3)4)22-12-11-21-19-10-9-17-7-5-6-8-18(17)14-19/h12-15,20-22,25-27H,7-11,16-19H2,1-6H3;7-14,19-20,22,26H,15-18H2,1-6H3;5-10,14-16,20H,11-13H2,1-4H3. The summed E-state index contributed by atoms with van der Waals surface area (Å²) < 4.78 is 53.2. The first kappa shape index (κ1) is 69.7. The van der Waals surface area contributed by atoms with Crippen molar-refractivity contribution in [3.63, 3.8) is 0 Å². The molecule has 9 heteroatoms. The normalized spacial score (nSPS) is 14.8. The number of hydrogen-bond acceptors (Lipinski definition) is 9. The predicted octanol–water partition coefficient (Wildman–Crippen LogP) is 19.0. The maximum absolute atomic E-state index is 6.58. The highest BCUT2D eigenvalue weighted by molar-refractivity contribution is 5.83. The second-order valence-electron chi connectivity index (χ2n) is 25.3. The van der Waals surface area contributed by atoms with Gasteiger partial charge in [0.25, 0.3) is 0 Å². The van der Waals surface area contributed by atoms with E-state index in [4.69, 9.17) is 42.6 Å². The third-order valence-electron chi connectivity index (χ3n) is 15.3. The summed E-state index contributed by atoms with van der Waals surface area (Å²) >= 11 is 0. The summed E-state index contributed by atoms with van der Waals surface area (Å²) in [6.45, 7) is 35.0. The molecule has 1 aliphatic carbocycles. The number of rotatable bonds is 34. The van der Waals surface area contributed by atoms with Crippen LogP contribution in [0.15, 0.2) is 115 Å². The second-order valence-corrected chi connectivity index (χ2v) is 25.3. The lowest BCUT2D eigenvalue weighted by atomic mass is 9.84. The highest BCUT2D eigenvalue weighted by Gasteiger charge is 2.26. The van der Waals surface area contributed by atoms with Gasteiger partial charge >= 0.3 is 0 Å². The number of hydrogen-bond donors (Lipinski definition) is 0. The molecule has 0 amide bonds. The molecule has 0 spiro atoms. The van der Waals surface area contributed by atoms with Gasteiger partial charge in [-0.05, 0) is 168 Å². The lowest BCUT2D eigenvalue weighted by molar-refractivity contribution is -0.0801. The zero-order valence-electron chi connectivity index (χ0n) is 54.0. The van der Waals surface area contributed by atoms with Crippen molar-refractivity contribution in [2.75, 3.05) is 53.9 Å². The van der Waals surface area contributed by atoms with Gasteiger partial charge in [-0.2, -0.15) is 0 Å². The zero-order valence-corrected chi connectivity index (χ0v) is 54.0. The van der Waals surface area contributed by atoms with E-state index in [1.54, 1.807) is 14.2 Å². The second kappa shape index (κ2) is 38.9. The third-order valence-corrected chi connectivity index (χ3v) is 15.3. The summed E-state index contributed by atoms with van der Waals surface area (Å²) in [5.74, 6) is 8.78. The quantitative estimate of drug-likeness (QED) is 0.0374. The lowest BCUT2D eigenvalue weighted by Gasteiger charge is -2.32. The minimum Gasteiger partial charge on any atom is -0.497 e. The van der Waals surface area contributed by atoms with E-state index in [1.165, 1.54) is 54.0 Å². The number of fused-ring (bicyclic) bond motifs is 1. The minimum absolute atomic E-state index is 0.190. The Balaban J connectivity index is 0.000000268. The van der Waals surface area contributed by atoms with Crippen LogP contribution >= 0.6 is 0 Å². The molecule has 9 nitrogen and oxygen atoms in total. The van der Waals surface area contributed by atoms with E-state index in [9.17, 15) is 0 Å². The molecule has 1 fully saturated rings. The first-order valence-corrected chi connectivity index (χ1v) is 31.6. The summed E-state index contributed by atoms with van der Waals surface area (Å²) in [6, 6.07) is 39.1. The van der Waals surface area contributed by atoms with Gasteiger partial charge in [0.1, 0.15) is 48.6 Å². The third kappa shape index (κ3) is 27.7. The fourth-order valence-corrected chi connectivity index (χ4v) is 10.6. The van der Waals surface area contributed by atoms with E-state index in [0.717, 1.165) is 60.9 Å². The van der Waals surface area contributed by atoms with E-state index in [-0.39, 0.29) is 12.2 Å². The first-order chi connectivity index (χ1) is 39.3. The molecular weight excluding hydrogens is 1020 g/mol. The van der Waals surface area contributed by atoms with Gasteiger partial charge in [0.05, 0.1) is 64.6 Å². The molecule has 5 aromatic carbocycles. The fourth-order valence-electron chi connectivity index (χ4n) is 10.6. The zero-order chi connectivity index (χ0) is 59.8. The van der Waals surface area contributed by atoms with Crippen LogP contribution in [0.5, 0.6) is 28.7 Å². The van der Waals surface area contributed by atoms with Crippen LogP contribution in [0, 0.1) is 35.5 Å². The predicted molar refractivity (Wildman–Crippen MR) is 343 cm³/mol. The van der Waals surface area contributed by atoms with Crippen LogP contribution in [0.1, 0.15) is 184 Å². The smallest absolute Gasteiger partial charge is 0.120 e. The van der Waals surface area contributed by atoms with Gasteiger partial charge in [-0.25, -0.2) is 0 Å². The molecule has 0 saturated heterocycles. The Kier molecular flexibility index (Phi) is 33.1. The molecule has 82 heavy (non-hydrogen) atoms. The molecule has 5 unspecified atom stereocenters. The van der Waals surface area contributed by atoms with E-state index in [2.05, 4.69) is 176 Å². The van der Waals surface area contributed by atoms with Gasteiger partial charge in [0, 0.05) is 6.42 Å². The van der Waals surface area contributed by atoms with Crippen LogP contribution in [-0.2, 0) is 18.9 Å². The average Bonchev–Trinajstić information content (AvgIpc) is 3.48. The molecule has 5 atom stereocenters. The van der Waals surface area contributed by atoms with Gasteiger partial charge in [0.15, 0.2) is 0 Å². The van der Waals surface area contributed by atoms with Crippen LogP contribution in [0.2, 0.25) is 0 Å². The van der Waals surface area contributed by atoms with E-state index >= 15 is 0 Å². The Morgan fingerprint density at radius 3 is 1.27 bits per heavy atom. The molecule has 0 N–H and O–H groups in total. The van der Waals surface area contributed by atoms with Crippen LogP contribution in [-0.4, -0.2) is 84.4 Å². The average molecular weight is 1130 g/mol. The molecule has 0 radical (unpaired) electrons. The first-order valence-electron chi connectivity index (χ1n) is 31.6. The monoisotopic (exact) mass is 1130 g/mol. The Morgan fingerprint density at radius 1 is 0.378 bits per heavy atom. The van der Waals surface area contributed by atoms with Crippen molar-refractivity contribution < 1.29 is 42.6 Å². The van der Waals surface area contributed by atoms with Gasteiger partial charge in [-0.15, -0.1) is 0 Å². The molecule has 0 aromatic heterocycles. The molecule has 458 valence electrons. The Morgan fingerprint density at radius 2 is 0.793 bits per heavy atom.